The first-order valence-corrected chi connectivity index (χ1v) is 5.71. The number of hydrogen-bond donors (Lipinski definition) is 2. The number of carbonyl (C=O) groups excluding carboxylic acids is 1. The van der Waals surface area contributed by atoms with E-state index in [9.17, 15) is 9.90 Å². The predicted molar refractivity (Wildman–Crippen MR) is 64.1 cm³/mol. The first-order valence-electron chi connectivity index (χ1n) is 5.71. The molecule has 0 aliphatic carbocycles. The number of rotatable bonds is 5. The van der Waals surface area contributed by atoms with Crippen LogP contribution in [-0.2, 0) is 4.79 Å². The van der Waals surface area contributed by atoms with Crippen LogP contribution in [0.3, 0.4) is 0 Å². The molecule has 1 fully saturated rings. The predicted octanol–water partition coefficient (Wildman–Crippen LogP) is 0.381. The molecule has 0 spiro atoms. The molecule has 0 radical (unpaired) electrons. The monoisotopic (exact) mass is 226 g/mol. The van der Waals surface area contributed by atoms with Gasteiger partial charge >= 0.3 is 0 Å². The lowest BCUT2D eigenvalue weighted by atomic mass is 9.96. The molecule has 92 valence electrons. The molecule has 0 aromatic carbocycles. The average Bonchev–Trinajstić information content (AvgIpc) is 2.10. The van der Waals surface area contributed by atoms with E-state index < -0.39 is 5.60 Å². The molecule has 0 unspecified atom stereocenters. The molecule has 4 heteroatoms. The minimum atomic E-state index is -0.589. The maximum atomic E-state index is 11.6. The van der Waals surface area contributed by atoms with Crippen molar-refractivity contribution in [3.8, 4) is 0 Å². The fraction of sp³-hybridized carbons (Fsp3) is 0.750. The molecule has 1 aliphatic heterocycles. The van der Waals surface area contributed by atoms with Crippen molar-refractivity contribution in [3.63, 3.8) is 0 Å². The van der Waals surface area contributed by atoms with Crippen molar-refractivity contribution < 1.29 is 9.90 Å². The van der Waals surface area contributed by atoms with Crippen LogP contribution < -0.4 is 5.32 Å². The van der Waals surface area contributed by atoms with E-state index in [1.54, 1.807) is 6.92 Å². The van der Waals surface area contributed by atoms with Gasteiger partial charge in [-0.1, -0.05) is 20.4 Å². The van der Waals surface area contributed by atoms with Crippen molar-refractivity contribution in [2.24, 2.45) is 5.92 Å². The van der Waals surface area contributed by atoms with E-state index in [4.69, 9.17) is 0 Å². The normalized spacial score (nSPS) is 19.3. The number of β-amino-alcohol motifs (C(OH)–C–C–N with tert-alkyl or cyclic N) is 1. The SMILES string of the molecule is C=C(CN1CC(C)(O)C1)C(=O)NCC(C)C. The molecular weight excluding hydrogens is 204 g/mol. The first kappa shape index (κ1) is 13.2. The van der Waals surface area contributed by atoms with Crippen molar-refractivity contribution in [2.75, 3.05) is 26.2 Å². The summed E-state index contributed by atoms with van der Waals surface area (Å²) in [7, 11) is 0. The molecule has 2 N–H and O–H groups in total. The zero-order valence-electron chi connectivity index (χ0n) is 10.4. The van der Waals surface area contributed by atoms with Crippen LogP contribution in [-0.4, -0.2) is 47.7 Å². The minimum absolute atomic E-state index is 0.0831. The standard InChI is InChI=1S/C12H22N2O2/c1-9(2)5-13-11(15)10(3)6-14-7-12(4,16)8-14/h9,16H,3,5-8H2,1-2,4H3,(H,13,15). The third-order valence-corrected chi connectivity index (χ3v) is 2.53. The fourth-order valence-electron chi connectivity index (χ4n) is 1.79. The second-order valence-electron chi connectivity index (χ2n) is 5.35. The molecule has 1 amide bonds. The summed E-state index contributed by atoms with van der Waals surface area (Å²) >= 11 is 0. The topological polar surface area (TPSA) is 52.6 Å². The summed E-state index contributed by atoms with van der Waals surface area (Å²) in [6.07, 6.45) is 0. The van der Waals surface area contributed by atoms with Gasteiger partial charge in [-0.2, -0.15) is 0 Å². The fourth-order valence-corrected chi connectivity index (χ4v) is 1.79. The molecule has 1 rings (SSSR count). The summed E-state index contributed by atoms with van der Waals surface area (Å²) in [4.78, 5) is 13.6. The smallest absolute Gasteiger partial charge is 0.247 e. The van der Waals surface area contributed by atoms with Crippen LogP contribution in [0.1, 0.15) is 20.8 Å². The van der Waals surface area contributed by atoms with Crippen LogP contribution in [0, 0.1) is 5.92 Å². The Hall–Kier alpha value is -0.870. The van der Waals surface area contributed by atoms with Crippen LogP contribution in [0.15, 0.2) is 12.2 Å². The number of hydrogen-bond acceptors (Lipinski definition) is 3. The lowest BCUT2D eigenvalue weighted by molar-refractivity contribution is -0.119. The van der Waals surface area contributed by atoms with E-state index in [1.165, 1.54) is 0 Å². The summed E-state index contributed by atoms with van der Waals surface area (Å²) in [6, 6.07) is 0. The summed E-state index contributed by atoms with van der Waals surface area (Å²) in [5.41, 5.74) is -0.0227. The summed E-state index contributed by atoms with van der Waals surface area (Å²) in [6.45, 7) is 12.1. The van der Waals surface area contributed by atoms with Crippen LogP contribution in [0.4, 0.5) is 0 Å². The van der Waals surface area contributed by atoms with E-state index in [2.05, 4.69) is 25.7 Å². The molecule has 4 nitrogen and oxygen atoms in total. The number of carbonyl (C=O) groups is 1. The van der Waals surface area contributed by atoms with Crippen LogP contribution in [0.5, 0.6) is 0 Å². The Kier molecular flexibility index (Phi) is 4.10. The number of nitrogens with one attached hydrogen (secondary N) is 1. The van der Waals surface area contributed by atoms with Crippen molar-refractivity contribution in [1.29, 1.82) is 0 Å². The zero-order chi connectivity index (χ0) is 12.3. The van der Waals surface area contributed by atoms with Crippen LogP contribution >= 0.6 is 0 Å². The Balaban J connectivity index is 2.23. The Morgan fingerprint density at radius 1 is 1.56 bits per heavy atom. The van der Waals surface area contributed by atoms with Crippen LogP contribution in [0.2, 0.25) is 0 Å². The van der Waals surface area contributed by atoms with E-state index in [0.717, 1.165) is 0 Å². The van der Waals surface area contributed by atoms with Gasteiger partial charge in [0.15, 0.2) is 0 Å². The maximum absolute atomic E-state index is 11.6. The van der Waals surface area contributed by atoms with E-state index in [0.29, 0.717) is 37.7 Å². The molecule has 0 aromatic rings. The van der Waals surface area contributed by atoms with Gasteiger partial charge in [0.05, 0.1) is 5.60 Å². The highest BCUT2D eigenvalue weighted by Crippen LogP contribution is 2.20. The van der Waals surface area contributed by atoms with E-state index >= 15 is 0 Å². The highest BCUT2D eigenvalue weighted by Gasteiger charge is 2.36. The third kappa shape index (κ3) is 3.94. The number of nitrogens with zero attached hydrogens (tertiary/aromatic N) is 1. The highest BCUT2D eigenvalue weighted by molar-refractivity contribution is 5.93. The molecule has 1 heterocycles. The highest BCUT2D eigenvalue weighted by atomic mass is 16.3. The Labute approximate surface area is 97.3 Å². The second kappa shape index (κ2) is 4.97. The van der Waals surface area contributed by atoms with Gasteiger partial charge in [0.2, 0.25) is 5.91 Å². The third-order valence-electron chi connectivity index (χ3n) is 2.53. The van der Waals surface area contributed by atoms with E-state index in [1.807, 2.05) is 4.90 Å². The van der Waals surface area contributed by atoms with Gasteiger partial charge in [-0.05, 0) is 12.8 Å². The van der Waals surface area contributed by atoms with Gasteiger partial charge in [0, 0.05) is 31.8 Å². The van der Waals surface area contributed by atoms with Gasteiger partial charge in [-0.15, -0.1) is 0 Å². The Morgan fingerprint density at radius 3 is 2.56 bits per heavy atom. The number of aliphatic hydroxyl groups is 1. The molecule has 0 saturated carbocycles. The van der Waals surface area contributed by atoms with Gasteiger partial charge in [-0.3, -0.25) is 9.69 Å². The maximum Gasteiger partial charge on any atom is 0.247 e. The number of amides is 1. The molecule has 0 aromatic heterocycles. The van der Waals surface area contributed by atoms with Gasteiger partial charge in [0.1, 0.15) is 0 Å². The minimum Gasteiger partial charge on any atom is -0.388 e. The lowest BCUT2D eigenvalue weighted by Crippen LogP contribution is -2.60. The van der Waals surface area contributed by atoms with E-state index in [-0.39, 0.29) is 5.91 Å². The molecule has 1 aliphatic rings. The van der Waals surface area contributed by atoms with Gasteiger partial charge < -0.3 is 10.4 Å². The summed E-state index contributed by atoms with van der Waals surface area (Å²) in [5, 5.41) is 12.4. The Bertz CT molecular complexity index is 277. The number of likely N-dealkylation sites (tertiary alicyclic amines) is 1. The van der Waals surface area contributed by atoms with Crippen molar-refractivity contribution >= 4 is 5.91 Å². The quantitative estimate of drug-likeness (QED) is 0.666. The van der Waals surface area contributed by atoms with Crippen molar-refractivity contribution in [3.05, 3.63) is 12.2 Å². The van der Waals surface area contributed by atoms with Gasteiger partial charge in [-0.25, -0.2) is 0 Å². The molecular formula is C12H22N2O2. The first-order chi connectivity index (χ1) is 7.30. The summed E-state index contributed by atoms with van der Waals surface area (Å²) < 4.78 is 0. The molecule has 0 bridgehead atoms. The average molecular weight is 226 g/mol. The second-order valence-corrected chi connectivity index (χ2v) is 5.35. The molecule has 0 atom stereocenters. The van der Waals surface area contributed by atoms with Gasteiger partial charge in [0.25, 0.3) is 0 Å². The largest absolute Gasteiger partial charge is 0.388 e. The van der Waals surface area contributed by atoms with Crippen molar-refractivity contribution in [1.82, 2.24) is 10.2 Å². The van der Waals surface area contributed by atoms with Crippen LogP contribution in [0.25, 0.3) is 0 Å². The molecule has 16 heavy (non-hydrogen) atoms. The Morgan fingerprint density at radius 2 is 2.12 bits per heavy atom. The lowest BCUT2D eigenvalue weighted by Gasteiger charge is -2.44. The van der Waals surface area contributed by atoms with Crippen molar-refractivity contribution in [2.45, 2.75) is 26.4 Å². The molecule has 1 saturated heterocycles. The zero-order valence-corrected chi connectivity index (χ0v) is 10.4. The summed E-state index contributed by atoms with van der Waals surface area (Å²) in [5.74, 6) is 0.363.